The van der Waals surface area contributed by atoms with Crippen LogP contribution in [0.15, 0.2) is 0 Å². The second-order valence-electron chi connectivity index (χ2n) is 5.97. The van der Waals surface area contributed by atoms with E-state index in [1.165, 1.54) is 0 Å². The van der Waals surface area contributed by atoms with Crippen molar-refractivity contribution in [3.05, 3.63) is 0 Å². The summed E-state index contributed by atoms with van der Waals surface area (Å²) in [6.07, 6.45) is 0.211. The number of carbonyl (C=O) groups excluding carboxylic acids is 2. The number of hydrogen-bond acceptors (Lipinski definition) is 6. The standard InChI is InChI=1S/C15H28N4O4/c1-23-11-9-19-3-2-16-13(15(19)22)12-14(21)18-6-4-17(5-7-18)8-10-20/h13,16,20H,2-12H2,1H3. The Morgan fingerprint density at radius 2 is 2.00 bits per heavy atom. The van der Waals surface area contributed by atoms with E-state index in [2.05, 4.69) is 10.2 Å². The molecule has 0 aliphatic carbocycles. The van der Waals surface area contributed by atoms with Gasteiger partial charge in [0.1, 0.15) is 0 Å². The number of β-amino-alcohol motifs (C(OH)–C–C–N with tert-alkyl or cyclic N) is 1. The normalized spacial score (nSPS) is 23.4. The van der Waals surface area contributed by atoms with Crippen molar-refractivity contribution in [2.24, 2.45) is 0 Å². The molecule has 2 aliphatic rings. The molecule has 2 fully saturated rings. The van der Waals surface area contributed by atoms with Gasteiger partial charge in [0.2, 0.25) is 11.8 Å². The fourth-order valence-corrected chi connectivity index (χ4v) is 3.04. The van der Waals surface area contributed by atoms with Crippen molar-refractivity contribution in [3.63, 3.8) is 0 Å². The molecule has 8 heteroatoms. The van der Waals surface area contributed by atoms with E-state index >= 15 is 0 Å². The lowest BCUT2D eigenvalue weighted by molar-refractivity contribution is -0.142. The Kier molecular flexibility index (Phi) is 7.22. The van der Waals surface area contributed by atoms with Gasteiger partial charge in [-0.1, -0.05) is 0 Å². The molecule has 2 rings (SSSR count). The van der Waals surface area contributed by atoms with E-state index < -0.39 is 6.04 Å². The van der Waals surface area contributed by atoms with Crippen LogP contribution in [0.3, 0.4) is 0 Å². The molecule has 0 aromatic carbocycles. The average molecular weight is 328 g/mol. The first-order valence-corrected chi connectivity index (χ1v) is 8.27. The number of piperazine rings is 2. The molecule has 8 nitrogen and oxygen atoms in total. The van der Waals surface area contributed by atoms with Gasteiger partial charge in [0.05, 0.1) is 25.7 Å². The van der Waals surface area contributed by atoms with E-state index in [4.69, 9.17) is 9.84 Å². The summed E-state index contributed by atoms with van der Waals surface area (Å²) in [6, 6.07) is -0.427. The molecule has 2 amide bonds. The Labute approximate surface area is 137 Å². The van der Waals surface area contributed by atoms with E-state index in [0.29, 0.717) is 45.9 Å². The van der Waals surface area contributed by atoms with Gasteiger partial charge < -0.3 is 25.0 Å². The maximum absolute atomic E-state index is 12.4. The van der Waals surface area contributed by atoms with E-state index in [-0.39, 0.29) is 24.8 Å². The molecule has 2 aliphatic heterocycles. The molecule has 0 aromatic heterocycles. The van der Waals surface area contributed by atoms with Crippen LogP contribution in [0.2, 0.25) is 0 Å². The third-order valence-electron chi connectivity index (χ3n) is 4.47. The lowest BCUT2D eigenvalue weighted by Gasteiger charge is -2.36. The zero-order valence-corrected chi connectivity index (χ0v) is 13.9. The smallest absolute Gasteiger partial charge is 0.240 e. The fraction of sp³-hybridized carbons (Fsp3) is 0.867. The largest absolute Gasteiger partial charge is 0.395 e. The van der Waals surface area contributed by atoms with Crippen molar-refractivity contribution < 1.29 is 19.4 Å². The number of nitrogens with zero attached hydrogens (tertiary/aromatic N) is 3. The molecule has 0 radical (unpaired) electrons. The van der Waals surface area contributed by atoms with Gasteiger partial charge in [-0.25, -0.2) is 0 Å². The minimum atomic E-state index is -0.427. The highest BCUT2D eigenvalue weighted by Gasteiger charge is 2.31. The van der Waals surface area contributed by atoms with E-state index in [0.717, 1.165) is 13.1 Å². The van der Waals surface area contributed by atoms with Crippen molar-refractivity contribution in [1.82, 2.24) is 20.0 Å². The van der Waals surface area contributed by atoms with Crippen molar-refractivity contribution in [2.45, 2.75) is 12.5 Å². The summed E-state index contributed by atoms with van der Waals surface area (Å²) in [5, 5.41) is 12.1. The summed E-state index contributed by atoms with van der Waals surface area (Å²) in [5.41, 5.74) is 0. The van der Waals surface area contributed by atoms with Gasteiger partial charge in [0, 0.05) is 59.5 Å². The first kappa shape index (κ1) is 18.1. The molecular formula is C15H28N4O4. The first-order valence-electron chi connectivity index (χ1n) is 8.27. The zero-order chi connectivity index (χ0) is 16.7. The highest BCUT2D eigenvalue weighted by Crippen LogP contribution is 2.09. The van der Waals surface area contributed by atoms with E-state index in [1.54, 1.807) is 12.0 Å². The number of carbonyl (C=O) groups is 2. The van der Waals surface area contributed by atoms with E-state index in [1.807, 2.05) is 4.90 Å². The third kappa shape index (κ3) is 5.13. The van der Waals surface area contributed by atoms with Crippen molar-refractivity contribution >= 4 is 11.8 Å². The Morgan fingerprint density at radius 1 is 1.26 bits per heavy atom. The second kappa shape index (κ2) is 9.17. The number of methoxy groups -OCH3 is 1. The highest BCUT2D eigenvalue weighted by molar-refractivity contribution is 5.89. The molecule has 1 unspecified atom stereocenters. The van der Waals surface area contributed by atoms with Crippen LogP contribution in [-0.4, -0.2) is 110 Å². The van der Waals surface area contributed by atoms with Gasteiger partial charge in [-0.3, -0.25) is 14.5 Å². The molecule has 2 N–H and O–H groups in total. The summed E-state index contributed by atoms with van der Waals surface area (Å²) in [7, 11) is 1.62. The van der Waals surface area contributed by atoms with Gasteiger partial charge in [-0.05, 0) is 0 Å². The molecule has 0 spiro atoms. The summed E-state index contributed by atoms with van der Waals surface area (Å²) in [5.74, 6) is 0.00802. The minimum absolute atomic E-state index is 0.0134. The monoisotopic (exact) mass is 328 g/mol. The number of nitrogens with one attached hydrogen (secondary N) is 1. The van der Waals surface area contributed by atoms with Crippen LogP contribution >= 0.6 is 0 Å². The fourth-order valence-electron chi connectivity index (χ4n) is 3.04. The van der Waals surface area contributed by atoms with Crippen molar-refractivity contribution in [1.29, 1.82) is 0 Å². The quantitative estimate of drug-likeness (QED) is 0.560. The van der Waals surface area contributed by atoms with Crippen LogP contribution in [-0.2, 0) is 14.3 Å². The Balaban J connectivity index is 1.79. The van der Waals surface area contributed by atoms with Gasteiger partial charge in [0.15, 0.2) is 0 Å². The number of aliphatic hydroxyl groups excluding tert-OH is 1. The van der Waals surface area contributed by atoms with Crippen LogP contribution < -0.4 is 5.32 Å². The highest BCUT2D eigenvalue weighted by atomic mass is 16.5. The van der Waals surface area contributed by atoms with Gasteiger partial charge >= 0.3 is 0 Å². The summed E-state index contributed by atoms with van der Waals surface area (Å²) in [6.45, 7) is 6.12. The lowest BCUT2D eigenvalue weighted by Crippen LogP contribution is -2.57. The van der Waals surface area contributed by atoms with Crippen LogP contribution in [0.5, 0.6) is 0 Å². The Hall–Kier alpha value is -1.22. The third-order valence-corrected chi connectivity index (χ3v) is 4.47. The van der Waals surface area contributed by atoms with Crippen LogP contribution in [0.1, 0.15) is 6.42 Å². The molecular weight excluding hydrogens is 300 g/mol. The van der Waals surface area contributed by atoms with Crippen LogP contribution in [0, 0.1) is 0 Å². The number of amides is 2. The van der Waals surface area contributed by atoms with Crippen molar-refractivity contribution in [3.8, 4) is 0 Å². The maximum Gasteiger partial charge on any atom is 0.240 e. The molecule has 0 saturated carbocycles. The Bertz CT molecular complexity index is 399. The van der Waals surface area contributed by atoms with Gasteiger partial charge in [0.25, 0.3) is 0 Å². The van der Waals surface area contributed by atoms with Gasteiger partial charge in [-0.2, -0.15) is 0 Å². The number of hydrogen-bond donors (Lipinski definition) is 2. The maximum atomic E-state index is 12.4. The van der Waals surface area contributed by atoms with Crippen molar-refractivity contribution in [2.75, 3.05) is 72.7 Å². The van der Waals surface area contributed by atoms with Crippen LogP contribution in [0.4, 0.5) is 0 Å². The first-order chi connectivity index (χ1) is 11.2. The number of ether oxygens (including phenoxy) is 1. The molecule has 132 valence electrons. The van der Waals surface area contributed by atoms with Crippen LogP contribution in [0.25, 0.3) is 0 Å². The number of aliphatic hydroxyl groups is 1. The average Bonchev–Trinajstić information content (AvgIpc) is 2.56. The Morgan fingerprint density at radius 3 is 2.65 bits per heavy atom. The molecule has 2 saturated heterocycles. The van der Waals surface area contributed by atoms with E-state index in [9.17, 15) is 9.59 Å². The molecule has 23 heavy (non-hydrogen) atoms. The second-order valence-corrected chi connectivity index (χ2v) is 5.97. The molecule has 0 aromatic rings. The zero-order valence-electron chi connectivity index (χ0n) is 13.9. The topological polar surface area (TPSA) is 85.3 Å². The number of rotatable bonds is 7. The summed E-state index contributed by atoms with van der Waals surface area (Å²) in [4.78, 5) is 30.5. The van der Waals surface area contributed by atoms with Gasteiger partial charge in [-0.15, -0.1) is 0 Å². The summed E-state index contributed by atoms with van der Waals surface area (Å²) < 4.78 is 5.02. The predicted octanol–water partition coefficient (Wildman–Crippen LogP) is -2.04. The molecule has 2 heterocycles. The molecule has 0 bridgehead atoms. The lowest BCUT2D eigenvalue weighted by atomic mass is 10.1. The SMILES string of the molecule is COCCN1CCNC(CC(=O)N2CCN(CCO)CC2)C1=O. The molecule has 1 atom stereocenters. The minimum Gasteiger partial charge on any atom is -0.395 e. The summed E-state index contributed by atoms with van der Waals surface area (Å²) >= 11 is 0. The predicted molar refractivity (Wildman–Crippen MR) is 85.0 cm³/mol.